The standard InChI is InChI=1S/C71H137NO8/c1-3-5-7-9-11-13-15-17-19-21-23-25-26-27-28-29-30-31-32-33-34-35-36-37-38-39-40-41-43-45-47-49-51-53-55-57-59-61-67(75)72-64(63-79-71-70(78)69(77)68(76)66(62-73)80-71)65(74)60-58-56-54-52-50-48-46-44-42-24-22-20-18-16-14-12-10-8-6-4-2/h21,23,58,60,64-66,68-71,73-74,76-78H,3-20,22,24-57,59,61-63H2,1-2H3,(H,72,75)/b23-21-,60-58+. The van der Waals surface area contributed by atoms with E-state index in [1.807, 2.05) is 6.08 Å². The summed E-state index contributed by atoms with van der Waals surface area (Å²) in [6, 6.07) is -0.803. The number of amides is 1. The molecule has 7 unspecified atom stereocenters. The van der Waals surface area contributed by atoms with Crippen molar-refractivity contribution in [2.24, 2.45) is 0 Å². The van der Waals surface area contributed by atoms with Crippen LogP contribution in [0.4, 0.5) is 0 Å². The van der Waals surface area contributed by atoms with Crippen molar-refractivity contribution in [3.05, 3.63) is 24.3 Å². The second-order valence-corrected chi connectivity index (χ2v) is 25.0. The fourth-order valence-electron chi connectivity index (χ4n) is 11.7. The monoisotopic (exact) mass is 1130 g/mol. The fourth-order valence-corrected chi connectivity index (χ4v) is 11.7. The molecule has 0 aromatic rings. The van der Waals surface area contributed by atoms with Crippen LogP contribution in [0.15, 0.2) is 24.3 Å². The quantitative estimate of drug-likeness (QED) is 0.0261. The van der Waals surface area contributed by atoms with Crippen LogP contribution in [0.3, 0.4) is 0 Å². The summed E-state index contributed by atoms with van der Waals surface area (Å²) in [5, 5.41) is 54.7. The van der Waals surface area contributed by atoms with Crippen LogP contribution in [0.1, 0.15) is 367 Å². The zero-order valence-electron chi connectivity index (χ0n) is 53.1. The second kappa shape index (κ2) is 60.8. The van der Waals surface area contributed by atoms with Gasteiger partial charge in [-0.1, -0.05) is 340 Å². The number of carbonyl (C=O) groups is 1. The predicted octanol–water partition coefficient (Wildman–Crippen LogP) is 19.3. The third-order valence-electron chi connectivity index (χ3n) is 17.3. The molecule has 9 nitrogen and oxygen atoms in total. The molecule has 0 radical (unpaired) electrons. The van der Waals surface area contributed by atoms with E-state index in [1.54, 1.807) is 6.08 Å². The fraction of sp³-hybridized carbons (Fsp3) is 0.930. The molecule has 1 aliphatic heterocycles. The Bertz CT molecular complexity index is 1310. The van der Waals surface area contributed by atoms with E-state index in [0.717, 1.165) is 38.5 Å². The van der Waals surface area contributed by atoms with Gasteiger partial charge in [-0.25, -0.2) is 0 Å². The summed E-state index contributed by atoms with van der Waals surface area (Å²) in [6.45, 7) is 3.83. The van der Waals surface area contributed by atoms with Gasteiger partial charge in [0, 0.05) is 6.42 Å². The lowest BCUT2D eigenvalue weighted by molar-refractivity contribution is -0.302. The summed E-state index contributed by atoms with van der Waals surface area (Å²) >= 11 is 0. The van der Waals surface area contributed by atoms with E-state index in [9.17, 15) is 30.3 Å². The largest absolute Gasteiger partial charge is 0.394 e. The van der Waals surface area contributed by atoms with Crippen molar-refractivity contribution in [3.8, 4) is 0 Å². The van der Waals surface area contributed by atoms with Crippen LogP contribution >= 0.6 is 0 Å². The molecule has 1 fully saturated rings. The first-order valence-corrected chi connectivity index (χ1v) is 35.6. The second-order valence-electron chi connectivity index (χ2n) is 25.0. The van der Waals surface area contributed by atoms with E-state index in [4.69, 9.17) is 9.47 Å². The first-order chi connectivity index (χ1) is 39.3. The molecule has 0 spiro atoms. The van der Waals surface area contributed by atoms with Gasteiger partial charge in [0.1, 0.15) is 24.4 Å². The highest BCUT2D eigenvalue weighted by atomic mass is 16.7. The molecule has 1 aliphatic rings. The topological polar surface area (TPSA) is 149 Å². The van der Waals surface area contributed by atoms with Gasteiger partial charge >= 0.3 is 0 Å². The lowest BCUT2D eigenvalue weighted by Gasteiger charge is -2.40. The smallest absolute Gasteiger partial charge is 0.220 e. The van der Waals surface area contributed by atoms with Gasteiger partial charge in [-0.15, -0.1) is 0 Å². The highest BCUT2D eigenvalue weighted by Gasteiger charge is 2.44. The molecule has 1 saturated heterocycles. The number of nitrogens with one attached hydrogen (secondary N) is 1. The van der Waals surface area contributed by atoms with Crippen molar-refractivity contribution in [2.45, 2.75) is 410 Å². The van der Waals surface area contributed by atoms with Crippen molar-refractivity contribution < 1.29 is 39.8 Å². The molecule has 80 heavy (non-hydrogen) atoms. The molecule has 9 heteroatoms. The van der Waals surface area contributed by atoms with Gasteiger partial charge in [-0.2, -0.15) is 0 Å². The number of hydrogen-bond acceptors (Lipinski definition) is 8. The van der Waals surface area contributed by atoms with Crippen molar-refractivity contribution in [1.82, 2.24) is 5.32 Å². The SMILES string of the molecule is CCCCCCCCCC/C=C\CCCCCCCCCCCCCCCCCCCCCCCCCCCC(=O)NC(COC1OC(CO)C(O)C(O)C1O)C(O)/C=C/CCCCCCCCCCCCCCCCCCCC. The van der Waals surface area contributed by atoms with Gasteiger partial charge in [-0.05, 0) is 44.9 Å². The number of aliphatic hydroxyl groups is 5. The van der Waals surface area contributed by atoms with Crippen LogP contribution in [0.25, 0.3) is 0 Å². The molecule has 0 aliphatic carbocycles. The zero-order valence-corrected chi connectivity index (χ0v) is 53.1. The van der Waals surface area contributed by atoms with E-state index in [2.05, 4.69) is 31.3 Å². The Morgan fingerprint density at radius 3 is 1.01 bits per heavy atom. The Balaban J connectivity index is 2.06. The van der Waals surface area contributed by atoms with Crippen LogP contribution in [-0.2, 0) is 14.3 Å². The molecular formula is C71H137NO8. The Morgan fingerprint density at radius 2 is 0.700 bits per heavy atom. The minimum atomic E-state index is -1.57. The van der Waals surface area contributed by atoms with E-state index in [0.29, 0.717) is 6.42 Å². The van der Waals surface area contributed by atoms with E-state index in [1.165, 1.54) is 308 Å². The summed E-state index contributed by atoms with van der Waals surface area (Å²) in [5.74, 6) is -0.168. The molecule has 1 amide bonds. The molecule has 0 aromatic heterocycles. The third-order valence-corrected chi connectivity index (χ3v) is 17.3. The zero-order chi connectivity index (χ0) is 57.9. The maximum absolute atomic E-state index is 13.1. The average molecular weight is 1130 g/mol. The number of rotatable bonds is 63. The van der Waals surface area contributed by atoms with Crippen molar-refractivity contribution in [1.29, 1.82) is 0 Å². The Kier molecular flexibility index (Phi) is 58.3. The van der Waals surface area contributed by atoms with Crippen molar-refractivity contribution in [3.63, 3.8) is 0 Å². The number of carbonyl (C=O) groups excluding carboxylic acids is 1. The third kappa shape index (κ3) is 49.0. The lowest BCUT2D eigenvalue weighted by atomic mass is 9.99. The maximum Gasteiger partial charge on any atom is 0.220 e. The van der Waals surface area contributed by atoms with Crippen LogP contribution in [-0.4, -0.2) is 87.5 Å². The Morgan fingerprint density at radius 1 is 0.412 bits per heavy atom. The molecule has 1 rings (SSSR count). The summed E-state index contributed by atoms with van der Waals surface area (Å²) < 4.78 is 11.3. The number of aliphatic hydroxyl groups excluding tert-OH is 5. The molecule has 1 heterocycles. The number of hydrogen-bond donors (Lipinski definition) is 6. The van der Waals surface area contributed by atoms with Gasteiger partial charge in [0.15, 0.2) is 6.29 Å². The summed E-state index contributed by atoms with van der Waals surface area (Å²) in [6.07, 6.45) is 73.0. The van der Waals surface area contributed by atoms with E-state index in [-0.39, 0.29) is 12.5 Å². The molecule has 0 bridgehead atoms. The Labute approximate surface area is 496 Å². The number of ether oxygens (including phenoxy) is 2. The summed E-state index contributed by atoms with van der Waals surface area (Å²) in [4.78, 5) is 13.1. The van der Waals surface area contributed by atoms with Crippen molar-refractivity contribution >= 4 is 5.91 Å². The number of allylic oxidation sites excluding steroid dienone is 3. The molecule has 6 N–H and O–H groups in total. The number of unbranched alkanes of at least 4 members (excludes halogenated alkanes) is 51. The van der Waals surface area contributed by atoms with Crippen LogP contribution in [0, 0.1) is 0 Å². The molecule has 0 saturated carbocycles. The van der Waals surface area contributed by atoms with E-state index < -0.39 is 49.5 Å². The van der Waals surface area contributed by atoms with Gasteiger partial charge in [0.2, 0.25) is 5.91 Å². The van der Waals surface area contributed by atoms with Gasteiger partial charge in [0.05, 0.1) is 25.4 Å². The highest BCUT2D eigenvalue weighted by molar-refractivity contribution is 5.76. The minimum absolute atomic E-state index is 0.168. The van der Waals surface area contributed by atoms with Crippen LogP contribution in [0.5, 0.6) is 0 Å². The normalized spacial score (nSPS) is 18.5. The first-order valence-electron chi connectivity index (χ1n) is 35.6. The highest BCUT2D eigenvalue weighted by Crippen LogP contribution is 2.24. The van der Waals surface area contributed by atoms with E-state index >= 15 is 0 Å². The summed E-state index contributed by atoms with van der Waals surface area (Å²) in [5.41, 5.74) is 0. The first kappa shape index (κ1) is 76.7. The molecule has 7 atom stereocenters. The minimum Gasteiger partial charge on any atom is -0.394 e. The van der Waals surface area contributed by atoms with Crippen LogP contribution in [0.2, 0.25) is 0 Å². The summed E-state index contributed by atoms with van der Waals surface area (Å²) in [7, 11) is 0. The van der Waals surface area contributed by atoms with Gasteiger partial charge in [-0.3, -0.25) is 4.79 Å². The van der Waals surface area contributed by atoms with Gasteiger partial charge < -0.3 is 40.3 Å². The molecular weight excluding hydrogens is 995 g/mol. The van der Waals surface area contributed by atoms with Crippen molar-refractivity contribution in [2.75, 3.05) is 13.2 Å². The average Bonchev–Trinajstić information content (AvgIpc) is 3.46. The Hall–Kier alpha value is -1.33. The maximum atomic E-state index is 13.1. The predicted molar refractivity (Wildman–Crippen MR) is 341 cm³/mol. The molecule has 0 aromatic carbocycles. The van der Waals surface area contributed by atoms with Gasteiger partial charge in [0.25, 0.3) is 0 Å². The molecule has 474 valence electrons. The van der Waals surface area contributed by atoms with Crippen LogP contribution < -0.4 is 5.32 Å². The lowest BCUT2D eigenvalue weighted by Crippen LogP contribution is -2.60.